The van der Waals surface area contributed by atoms with Crippen molar-refractivity contribution >= 4 is 5.91 Å². The molecule has 0 radical (unpaired) electrons. The highest BCUT2D eigenvalue weighted by Crippen LogP contribution is 2.23. The third-order valence-corrected chi connectivity index (χ3v) is 5.55. The summed E-state index contributed by atoms with van der Waals surface area (Å²) in [5.41, 5.74) is 0.759. The summed E-state index contributed by atoms with van der Waals surface area (Å²) >= 11 is 0. The minimum atomic E-state index is 0.158. The maximum atomic E-state index is 12.9. The molecule has 5 heteroatoms. The smallest absolute Gasteiger partial charge is 0.254 e. The van der Waals surface area contributed by atoms with Crippen LogP contribution in [0.2, 0.25) is 0 Å². The number of benzene rings is 1. The number of amides is 1. The molecule has 2 saturated heterocycles. The summed E-state index contributed by atoms with van der Waals surface area (Å²) < 4.78 is 11.2. The van der Waals surface area contributed by atoms with Crippen LogP contribution in [0.4, 0.5) is 0 Å². The highest BCUT2D eigenvalue weighted by atomic mass is 16.5. The van der Waals surface area contributed by atoms with Crippen molar-refractivity contribution in [1.29, 1.82) is 0 Å². The third-order valence-electron chi connectivity index (χ3n) is 5.55. The second-order valence-electron chi connectivity index (χ2n) is 7.64. The highest BCUT2D eigenvalue weighted by Gasteiger charge is 2.31. The molecule has 2 aliphatic heterocycles. The van der Waals surface area contributed by atoms with Gasteiger partial charge in [-0.05, 0) is 69.5 Å². The molecule has 0 saturated carbocycles. The fraction of sp³-hybridized carbons (Fsp3) is 0.682. The zero-order valence-electron chi connectivity index (χ0n) is 16.7. The van der Waals surface area contributed by atoms with Crippen LogP contribution in [0.1, 0.15) is 55.8 Å². The molecule has 27 heavy (non-hydrogen) atoms. The summed E-state index contributed by atoms with van der Waals surface area (Å²) in [7, 11) is 0. The summed E-state index contributed by atoms with van der Waals surface area (Å²) in [5, 5.41) is 0. The molecule has 0 bridgehead atoms. The fourth-order valence-electron chi connectivity index (χ4n) is 3.98. The topological polar surface area (TPSA) is 42.0 Å². The minimum Gasteiger partial charge on any atom is -0.491 e. The van der Waals surface area contributed by atoms with E-state index in [1.165, 1.54) is 25.9 Å². The van der Waals surface area contributed by atoms with E-state index in [-0.39, 0.29) is 5.91 Å². The quantitative estimate of drug-likeness (QED) is 0.587. The lowest BCUT2D eigenvalue weighted by atomic mass is 10.1. The van der Waals surface area contributed by atoms with E-state index in [1.807, 2.05) is 24.3 Å². The van der Waals surface area contributed by atoms with Crippen molar-refractivity contribution in [2.45, 2.75) is 51.5 Å². The van der Waals surface area contributed by atoms with Gasteiger partial charge in [0.1, 0.15) is 12.4 Å². The van der Waals surface area contributed by atoms with E-state index in [2.05, 4.69) is 16.7 Å². The van der Waals surface area contributed by atoms with Crippen molar-refractivity contribution in [2.75, 3.05) is 46.0 Å². The van der Waals surface area contributed by atoms with Crippen LogP contribution < -0.4 is 4.74 Å². The average Bonchev–Trinajstić information content (AvgIpc) is 3.37. The zero-order chi connectivity index (χ0) is 18.9. The first-order chi connectivity index (χ1) is 13.3. The molecular formula is C22H34N2O3. The molecule has 1 aromatic rings. The first-order valence-corrected chi connectivity index (χ1v) is 10.6. The Balaban J connectivity index is 1.46. The van der Waals surface area contributed by atoms with Crippen LogP contribution in [0, 0.1) is 0 Å². The largest absolute Gasteiger partial charge is 0.491 e. The molecule has 0 spiro atoms. The van der Waals surface area contributed by atoms with Crippen molar-refractivity contribution in [3.63, 3.8) is 0 Å². The van der Waals surface area contributed by atoms with Crippen LogP contribution in [0.5, 0.6) is 5.75 Å². The summed E-state index contributed by atoms with van der Waals surface area (Å²) in [5.74, 6) is 0.951. The van der Waals surface area contributed by atoms with Crippen molar-refractivity contribution < 1.29 is 14.3 Å². The third kappa shape index (κ3) is 5.94. The van der Waals surface area contributed by atoms with Gasteiger partial charge in [0.2, 0.25) is 0 Å². The van der Waals surface area contributed by atoms with E-state index < -0.39 is 0 Å². The van der Waals surface area contributed by atoms with Crippen LogP contribution in [0.15, 0.2) is 24.3 Å². The predicted molar refractivity (Wildman–Crippen MR) is 107 cm³/mol. The maximum absolute atomic E-state index is 12.9. The first kappa shape index (κ1) is 20.2. The van der Waals surface area contributed by atoms with E-state index in [0.29, 0.717) is 19.3 Å². The molecule has 1 atom stereocenters. The van der Waals surface area contributed by atoms with Crippen LogP contribution in [0.25, 0.3) is 0 Å². The van der Waals surface area contributed by atoms with E-state index >= 15 is 0 Å². The van der Waals surface area contributed by atoms with Gasteiger partial charge in [-0.1, -0.05) is 13.3 Å². The van der Waals surface area contributed by atoms with E-state index in [0.717, 1.165) is 56.7 Å². The monoisotopic (exact) mass is 374 g/mol. The van der Waals surface area contributed by atoms with Crippen LogP contribution in [-0.2, 0) is 4.74 Å². The van der Waals surface area contributed by atoms with Crippen molar-refractivity contribution in [3.8, 4) is 5.75 Å². The van der Waals surface area contributed by atoms with Gasteiger partial charge in [0.25, 0.3) is 5.91 Å². The Morgan fingerprint density at radius 2 is 1.81 bits per heavy atom. The zero-order valence-corrected chi connectivity index (χ0v) is 16.7. The SMILES string of the molecule is CCCCOCCOc1ccc(C(=O)N2CCCC2CN2CCCC2)cc1. The lowest BCUT2D eigenvalue weighted by molar-refractivity contribution is 0.0708. The molecule has 2 fully saturated rings. The second-order valence-corrected chi connectivity index (χ2v) is 7.64. The second kappa shape index (κ2) is 10.7. The molecule has 1 amide bonds. The van der Waals surface area contributed by atoms with Gasteiger partial charge in [0.15, 0.2) is 0 Å². The van der Waals surface area contributed by atoms with Gasteiger partial charge >= 0.3 is 0 Å². The average molecular weight is 375 g/mol. The maximum Gasteiger partial charge on any atom is 0.254 e. The van der Waals surface area contributed by atoms with Gasteiger partial charge in [-0.3, -0.25) is 4.79 Å². The Bertz CT molecular complexity index is 569. The fourth-order valence-corrected chi connectivity index (χ4v) is 3.98. The van der Waals surface area contributed by atoms with Gasteiger partial charge < -0.3 is 19.3 Å². The van der Waals surface area contributed by atoms with Gasteiger partial charge in [-0.25, -0.2) is 0 Å². The lowest BCUT2D eigenvalue weighted by Crippen LogP contribution is -2.42. The number of rotatable bonds is 10. The Labute approximate surface area is 163 Å². The Hall–Kier alpha value is -1.59. The van der Waals surface area contributed by atoms with E-state index in [9.17, 15) is 4.79 Å². The number of carbonyl (C=O) groups is 1. The van der Waals surface area contributed by atoms with E-state index in [4.69, 9.17) is 9.47 Å². The molecule has 1 aromatic carbocycles. The predicted octanol–water partition coefficient (Wildman–Crippen LogP) is 3.58. The van der Waals surface area contributed by atoms with Gasteiger partial charge in [0, 0.05) is 31.3 Å². The number of ether oxygens (including phenoxy) is 2. The van der Waals surface area contributed by atoms with Crippen LogP contribution in [-0.4, -0.2) is 67.7 Å². The molecule has 0 aliphatic carbocycles. The molecule has 2 heterocycles. The van der Waals surface area contributed by atoms with Crippen molar-refractivity contribution in [2.24, 2.45) is 0 Å². The molecule has 2 aliphatic rings. The Morgan fingerprint density at radius 3 is 2.56 bits per heavy atom. The summed E-state index contributed by atoms with van der Waals surface area (Å²) in [6.07, 6.45) is 7.07. The Morgan fingerprint density at radius 1 is 1.04 bits per heavy atom. The lowest BCUT2D eigenvalue weighted by Gasteiger charge is -2.28. The van der Waals surface area contributed by atoms with Gasteiger partial charge in [-0.15, -0.1) is 0 Å². The highest BCUT2D eigenvalue weighted by molar-refractivity contribution is 5.94. The normalized spacial score (nSPS) is 20.3. The number of hydrogen-bond donors (Lipinski definition) is 0. The number of hydrogen-bond acceptors (Lipinski definition) is 4. The number of carbonyl (C=O) groups excluding carboxylic acids is 1. The molecule has 1 unspecified atom stereocenters. The van der Waals surface area contributed by atoms with Crippen molar-refractivity contribution in [3.05, 3.63) is 29.8 Å². The van der Waals surface area contributed by atoms with Crippen LogP contribution in [0.3, 0.4) is 0 Å². The number of nitrogens with zero attached hydrogens (tertiary/aromatic N) is 2. The number of likely N-dealkylation sites (tertiary alicyclic amines) is 2. The van der Waals surface area contributed by atoms with Gasteiger partial charge in [0.05, 0.1) is 6.61 Å². The molecule has 0 aromatic heterocycles. The summed E-state index contributed by atoms with van der Waals surface area (Å²) in [4.78, 5) is 17.5. The first-order valence-electron chi connectivity index (χ1n) is 10.6. The molecular weight excluding hydrogens is 340 g/mol. The van der Waals surface area contributed by atoms with Crippen molar-refractivity contribution in [1.82, 2.24) is 9.80 Å². The molecule has 5 nitrogen and oxygen atoms in total. The standard InChI is InChI=1S/C22H34N2O3/c1-2-3-15-26-16-17-27-21-10-8-19(9-11-21)22(25)24-14-6-7-20(24)18-23-12-4-5-13-23/h8-11,20H,2-7,12-18H2,1H3. The molecule has 3 rings (SSSR count). The molecule has 0 N–H and O–H groups in total. The summed E-state index contributed by atoms with van der Waals surface area (Å²) in [6, 6.07) is 7.93. The number of unbranched alkanes of at least 4 members (excludes halogenated alkanes) is 1. The Kier molecular flexibility index (Phi) is 7.96. The minimum absolute atomic E-state index is 0.158. The van der Waals surface area contributed by atoms with Crippen LogP contribution >= 0.6 is 0 Å². The summed E-state index contributed by atoms with van der Waals surface area (Å²) in [6.45, 7) is 8.38. The van der Waals surface area contributed by atoms with Gasteiger partial charge in [-0.2, -0.15) is 0 Å². The molecule has 150 valence electrons. The van der Waals surface area contributed by atoms with E-state index in [1.54, 1.807) is 0 Å².